The Hall–Kier alpha value is -0.160. The molecule has 16 heavy (non-hydrogen) atoms. The van der Waals surface area contributed by atoms with E-state index in [1.165, 1.54) is 0 Å². The highest BCUT2D eigenvalue weighted by atomic mass is 16.5. The third-order valence-electron chi connectivity index (χ3n) is 2.95. The van der Waals surface area contributed by atoms with Gasteiger partial charge in [-0.3, -0.25) is 11.3 Å². The van der Waals surface area contributed by atoms with Gasteiger partial charge in [-0.1, -0.05) is 20.8 Å². The van der Waals surface area contributed by atoms with Crippen molar-refractivity contribution in [3.8, 4) is 0 Å². The Bertz CT molecular complexity index is 165. The number of hydrogen-bond donors (Lipinski definition) is 2. The lowest BCUT2D eigenvalue weighted by Gasteiger charge is -2.33. The van der Waals surface area contributed by atoms with Crippen LogP contribution in [0.4, 0.5) is 0 Å². The van der Waals surface area contributed by atoms with Gasteiger partial charge < -0.3 is 9.47 Å². The molecule has 0 spiro atoms. The molecule has 98 valence electrons. The van der Waals surface area contributed by atoms with E-state index in [-0.39, 0.29) is 12.1 Å². The number of methoxy groups -OCH3 is 1. The highest BCUT2D eigenvalue weighted by Gasteiger charge is 2.28. The lowest BCUT2D eigenvalue weighted by molar-refractivity contribution is -0.0133. The molecule has 0 heterocycles. The van der Waals surface area contributed by atoms with E-state index in [1.54, 1.807) is 7.11 Å². The average molecular weight is 232 g/mol. The zero-order valence-corrected chi connectivity index (χ0v) is 11.3. The quantitative estimate of drug-likeness (QED) is 0.468. The second-order valence-corrected chi connectivity index (χ2v) is 4.62. The summed E-state index contributed by atoms with van der Waals surface area (Å²) < 4.78 is 10.9. The number of hydrazine groups is 1. The molecule has 0 aromatic rings. The molecule has 4 nitrogen and oxygen atoms in total. The smallest absolute Gasteiger partial charge is 0.0766 e. The maximum Gasteiger partial charge on any atom is 0.0766 e. The molecule has 0 aromatic heterocycles. The van der Waals surface area contributed by atoms with Gasteiger partial charge in [0.25, 0.3) is 0 Å². The first-order valence-electron chi connectivity index (χ1n) is 6.15. The van der Waals surface area contributed by atoms with Crippen LogP contribution < -0.4 is 11.3 Å². The van der Waals surface area contributed by atoms with Crippen LogP contribution in [0.15, 0.2) is 0 Å². The molecule has 0 radical (unpaired) electrons. The van der Waals surface area contributed by atoms with E-state index < -0.39 is 0 Å². The summed E-state index contributed by atoms with van der Waals surface area (Å²) >= 11 is 0. The third kappa shape index (κ3) is 5.25. The predicted octanol–water partition coefficient (Wildman–Crippen LogP) is 1.55. The molecule has 3 N–H and O–H groups in total. The fraction of sp³-hybridized carbons (Fsp3) is 1.00. The van der Waals surface area contributed by atoms with Gasteiger partial charge in [0.05, 0.1) is 12.1 Å². The molecule has 4 heteroatoms. The molecule has 0 bridgehead atoms. The van der Waals surface area contributed by atoms with Crippen LogP contribution in [-0.4, -0.2) is 32.5 Å². The van der Waals surface area contributed by atoms with Crippen molar-refractivity contribution in [1.82, 2.24) is 5.43 Å². The van der Waals surface area contributed by atoms with Gasteiger partial charge in [-0.2, -0.15) is 0 Å². The van der Waals surface area contributed by atoms with Gasteiger partial charge in [0.15, 0.2) is 0 Å². The molecule has 3 unspecified atom stereocenters. The van der Waals surface area contributed by atoms with Gasteiger partial charge in [-0.15, -0.1) is 0 Å². The number of ether oxygens (including phenoxy) is 2. The summed E-state index contributed by atoms with van der Waals surface area (Å²) in [6.07, 6.45) is 1.14. The zero-order chi connectivity index (χ0) is 12.6. The summed E-state index contributed by atoms with van der Waals surface area (Å²) in [6, 6.07) is 0.176. The minimum absolute atomic E-state index is 0.154. The molecular weight excluding hydrogens is 204 g/mol. The van der Waals surface area contributed by atoms with Crippen LogP contribution in [0.5, 0.6) is 0 Å². The molecule has 0 rings (SSSR count). The third-order valence-corrected chi connectivity index (χ3v) is 2.95. The van der Waals surface area contributed by atoms with Crippen molar-refractivity contribution in [2.24, 2.45) is 17.7 Å². The van der Waals surface area contributed by atoms with Crippen LogP contribution in [-0.2, 0) is 9.47 Å². The van der Waals surface area contributed by atoms with Crippen LogP contribution in [0.25, 0.3) is 0 Å². The van der Waals surface area contributed by atoms with Crippen molar-refractivity contribution in [3.63, 3.8) is 0 Å². The van der Waals surface area contributed by atoms with Gasteiger partial charge in [-0.05, 0) is 25.2 Å². The van der Waals surface area contributed by atoms with Crippen LogP contribution in [0.1, 0.15) is 34.1 Å². The summed E-state index contributed by atoms with van der Waals surface area (Å²) in [6.45, 7) is 10.00. The van der Waals surface area contributed by atoms with Crippen LogP contribution in [0.2, 0.25) is 0 Å². The van der Waals surface area contributed by atoms with Crippen molar-refractivity contribution in [2.75, 3.05) is 20.3 Å². The molecule has 0 fully saturated rings. The Morgan fingerprint density at radius 1 is 1.25 bits per heavy atom. The van der Waals surface area contributed by atoms with Gasteiger partial charge in [0, 0.05) is 20.3 Å². The van der Waals surface area contributed by atoms with Crippen molar-refractivity contribution >= 4 is 0 Å². The SMILES string of the molecule is CCOC(C(C)C)C(NN)C(C)CCOC. The minimum Gasteiger partial charge on any atom is -0.385 e. The fourth-order valence-corrected chi connectivity index (χ4v) is 1.97. The maximum absolute atomic E-state index is 5.77. The summed E-state index contributed by atoms with van der Waals surface area (Å²) in [5.74, 6) is 6.53. The number of rotatable bonds is 9. The van der Waals surface area contributed by atoms with E-state index >= 15 is 0 Å². The van der Waals surface area contributed by atoms with E-state index in [9.17, 15) is 0 Å². The predicted molar refractivity (Wildman–Crippen MR) is 67.0 cm³/mol. The fourth-order valence-electron chi connectivity index (χ4n) is 1.97. The Morgan fingerprint density at radius 3 is 2.25 bits per heavy atom. The topological polar surface area (TPSA) is 56.5 Å². The van der Waals surface area contributed by atoms with E-state index in [2.05, 4.69) is 26.2 Å². The van der Waals surface area contributed by atoms with Crippen LogP contribution >= 0.6 is 0 Å². The second kappa shape index (κ2) is 8.93. The molecule has 0 aliphatic heterocycles. The first kappa shape index (κ1) is 15.8. The van der Waals surface area contributed by atoms with Crippen molar-refractivity contribution < 1.29 is 9.47 Å². The van der Waals surface area contributed by atoms with Crippen LogP contribution in [0.3, 0.4) is 0 Å². The van der Waals surface area contributed by atoms with Gasteiger partial charge in [0.1, 0.15) is 0 Å². The van der Waals surface area contributed by atoms with Crippen molar-refractivity contribution in [2.45, 2.75) is 46.3 Å². The monoisotopic (exact) mass is 232 g/mol. The van der Waals surface area contributed by atoms with Crippen LogP contribution in [0, 0.1) is 11.8 Å². The molecule has 0 saturated heterocycles. The lowest BCUT2D eigenvalue weighted by Crippen LogP contribution is -2.51. The Balaban J connectivity index is 4.39. The van der Waals surface area contributed by atoms with Gasteiger partial charge in [-0.25, -0.2) is 0 Å². The standard InChI is InChI=1S/C12H28N2O2/c1-6-16-12(9(2)3)11(14-13)10(4)7-8-15-5/h9-12,14H,6-8,13H2,1-5H3. The molecule has 0 aliphatic carbocycles. The molecule has 0 aromatic carbocycles. The maximum atomic E-state index is 5.77. The largest absolute Gasteiger partial charge is 0.385 e. The first-order chi connectivity index (χ1) is 7.58. The lowest BCUT2D eigenvalue weighted by atomic mass is 9.88. The van der Waals surface area contributed by atoms with E-state index in [4.69, 9.17) is 15.3 Å². The number of nitrogens with two attached hydrogens (primary N) is 1. The summed E-state index contributed by atoms with van der Waals surface area (Å²) in [5.41, 5.74) is 2.90. The summed E-state index contributed by atoms with van der Waals surface area (Å²) in [5, 5.41) is 0. The Labute approximate surface area is 99.8 Å². The number of nitrogens with one attached hydrogen (secondary N) is 1. The van der Waals surface area contributed by atoms with Crippen molar-refractivity contribution in [1.29, 1.82) is 0 Å². The molecule has 0 aliphatic rings. The molecule has 3 atom stereocenters. The minimum atomic E-state index is 0.154. The highest BCUT2D eigenvalue weighted by molar-refractivity contribution is 4.82. The van der Waals surface area contributed by atoms with E-state index in [0.717, 1.165) is 19.6 Å². The van der Waals surface area contributed by atoms with E-state index in [1.807, 2.05) is 6.92 Å². The Morgan fingerprint density at radius 2 is 1.88 bits per heavy atom. The second-order valence-electron chi connectivity index (χ2n) is 4.62. The number of hydrogen-bond acceptors (Lipinski definition) is 4. The van der Waals surface area contributed by atoms with E-state index in [0.29, 0.717) is 11.8 Å². The van der Waals surface area contributed by atoms with Gasteiger partial charge in [0.2, 0.25) is 0 Å². The van der Waals surface area contributed by atoms with Crippen molar-refractivity contribution in [3.05, 3.63) is 0 Å². The van der Waals surface area contributed by atoms with Gasteiger partial charge >= 0.3 is 0 Å². The average Bonchev–Trinajstić information content (AvgIpc) is 2.25. The molecule has 0 amide bonds. The summed E-state index contributed by atoms with van der Waals surface area (Å²) in [7, 11) is 1.72. The highest BCUT2D eigenvalue weighted by Crippen LogP contribution is 2.19. The Kier molecular flexibility index (Phi) is 8.84. The zero-order valence-electron chi connectivity index (χ0n) is 11.3. The summed E-state index contributed by atoms with van der Waals surface area (Å²) in [4.78, 5) is 0. The molecular formula is C12H28N2O2. The normalized spacial score (nSPS) is 17.4. The first-order valence-corrected chi connectivity index (χ1v) is 6.15. The molecule has 0 saturated carbocycles.